The highest BCUT2D eigenvalue weighted by Gasteiger charge is 2.58. The molecule has 1 aromatic rings. The Morgan fingerprint density at radius 3 is 2.29 bits per heavy atom. The summed E-state index contributed by atoms with van der Waals surface area (Å²) >= 11 is 1.44. The smallest absolute Gasteiger partial charge is 0.306 e. The van der Waals surface area contributed by atoms with Crippen molar-refractivity contribution >= 4 is 41.3 Å². The van der Waals surface area contributed by atoms with Crippen molar-refractivity contribution < 1.29 is 33.8 Å². The number of ketones is 1. The van der Waals surface area contributed by atoms with Crippen LogP contribution in [-0.4, -0.2) is 58.4 Å². The van der Waals surface area contributed by atoms with Crippen LogP contribution < -0.4 is 0 Å². The fraction of sp³-hybridized carbons (Fsp3) is 0.552. The lowest BCUT2D eigenvalue weighted by atomic mass is 9.85. The van der Waals surface area contributed by atoms with Crippen molar-refractivity contribution in [2.75, 3.05) is 18.9 Å². The zero-order valence-corrected chi connectivity index (χ0v) is 22.3. The summed E-state index contributed by atoms with van der Waals surface area (Å²) in [7, 11) is 0. The number of likely N-dealkylation sites (tertiary alicyclic amines) is 1. The molecule has 38 heavy (non-hydrogen) atoms. The van der Waals surface area contributed by atoms with E-state index in [-0.39, 0.29) is 78.8 Å². The van der Waals surface area contributed by atoms with Crippen LogP contribution >= 0.6 is 11.8 Å². The molecule has 2 bridgehead atoms. The van der Waals surface area contributed by atoms with Gasteiger partial charge in [-0.15, -0.1) is 0 Å². The minimum atomic E-state index is -0.872. The van der Waals surface area contributed by atoms with Gasteiger partial charge >= 0.3 is 11.9 Å². The van der Waals surface area contributed by atoms with Gasteiger partial charge in [-0.25, -0.2) is 0 Å². The largest absolute Gasteiger partial charge is 0.481 e. The van der Waals surface area contributed by atoms with Crippen LogP contribution in [0.1, 0.15) is 62.2 Å². The topological polar surface area (TPSA) is 118 Å². The quantitative estimate of drug-likeness (QED) is 0.143. The summed E-state index contributed by atoms with van der Waals surface area (Å²) in [4.78, 5) is 62.3. The molecule has 1 aliphatic heterocycles. The fourth-order valence-corrected chi connectivity index (χ4v) is 7.00. The Kier molecular flexibility index (Phi) is 9.77. The van der Waals surface area contributed by atoms with Gasteiger partial charge in [0.25, 0.3) is 0 Å². The summed E-state index contributed by atoms with van der Waals surface area (Å²) in [5, 5.41) is 8.75. The van der Waals surface area contributed by atoms with Crippen LogP contribution in [-0.2, 0) is 28.7 Å². The number of rotatable bonds is 16. The maximum atomic E-state index is 12.7. The van der Waals surface area contributed by atoms with Gasteiger partial charge in [0.1, 0.15) is 5.78 Å². The molecule has 1 saturated heterocycles. The summed E-state index contributed by atoms with van der Waals surface area (Å²) in [6, 6.07) is 9.49. The number of esters is 1. The molecule has 9 heteroatoms. The first-order chi connectivity index (χ1) is 18.3. The lowest BCUT2D eigenvalue weighted by molar-refractivity contribution is -0.145. The Balaban J connectivity index is 1.09. The van der Waals surface area contributed by atoms with E-state index in [0.717, 1.165) is 18.4 Å². The van der Waals surface area contributed by atoms with E-state index in [9.17, 15) is 24.0 Å². The van der Waals surface area contributed by atoms with Crippen molar-refractivity contribution in [3.8, 4) is 0 Å². The highest BCUT2D eigenvalue weighted by molar-refractivity contribution is 7.99. The van der Waals surface area contributed by atoms with Gasteiger partial charge < -0.3 is 9.84 Å². The Bertz CT molecular complexity index is 1040. The molecule has 2 fully saturated rings. The van der Waals surface area contributed by atoms with Crippen LogP contribution in [0.4, 0.5) is 0 Å². The number of carboxylic acids is 1. The van der Waals surface area contributed by atoms with E-state index in [2.05, 4.69) is 12.2 Å². The molecule has 1 heterocycles. The first-order valence-corrected chi connectivity index (χ1v) is 14.5. The zero-order valence-electron chi connectivity index (χ0n) is 21.5. The number of benzene rings is 1. The summed E-state index contributed by atoms with van der Waals surface area (Å²) in [5.41, 5.74) is 0.961. The molecule has 2 amide bonds. The minimum Gasteiger partial charge on any atom is -0.481 e. The molecular formula is C29H35NO7S. The SMILES string of the molecule is O=C(O)CCSC(CC(=O)CCC(=O)OCCCCCN1C(=O)[C@@H]2[C@H](C1=O)[C@H]1C=C[C@@H]2C1)c1ccccc1. The number of imide groups is 1. The van der Waals surface area contributed by atoms with Gasteiger partial charge in [0.2, 0.25) is 11.8 Å². The number of Topliss-reactive ketones (excluding diaryl/α,β-unsaturated/α-hetero) is 1. The van der Waals surface area contributed by atoms with E-state index in [4.69, 9.17) is 9.84 Å². The van der Waals surface area contributed by atoms with Crippen LogP contribution in [0.3, 0.4) is 0 Å². The number of hydrogen-bond acceptors (Lipinski definition) is 7. The highest BCUT2D eigenvalue weighted by atomic mass is 32.2. The number of aliphatic carboxylic acids is 1. The lowest BCUT2D eigenvalue weighted by Crippen LogP contribution is -2.33. The van der Waals surface area contributed by atoms with E-state index in [1.807, 2.05) is 30.3 Å². The van der Waals surface area contributed by atoms with Gasteiger partial charge in [-0.1, -0.05) is 42.5 Å². The lowest BCUT2D eigenvalue weighted by Gasteiger charge is -2.17. The van der Waals surface area contributed by atoms with Crippen molar-refractivity contribution in [1.82, 2.24) is 4.90 Å². The molecule has 1 N–H and O–H groups in total. The van der Waals surface area contributed by atoms with Crippen molar-refractivity contribution in [2.24, 2.45) is 23.7 Å². The molecule has 1 saturated carbocycles. The maximum absolute atomic E-state index is 12.7. The molecular weight excluding hydrogens is 506 g/mol. The van der Waals surface area contributed by atoms with E-state index < -0.39 is 11.9 Å². The first kappa shape index (κ1) is 28.1. The molecule has 204 valence electrons. The molecule has 0 radical (unpaired) electrons. The summed E-state index contributed by atoms with van der Waals surface area (Å²) < 4.78 is 5.27. The average Bonchev–Trinajstić information content (AvgIpc) is 3.59. The minimum absolute atomic E-state index is 0.00998. The number of allylic oxidation sites excluding steroid dienone is 2. The molecule has 2 aliphatic carbocycles. The monoisotopic (exact) mass is 541 g/mol. The number of carbonyl (C=O) groups excluding carboxylic acids is 4. The highest BCUT2D eigenvalue weighted by Crippen LogP contribution is 2.52. The van der Waals surface area contributed by atoms with Gasteiger partial charge in [0.15, 0.2) is 0 Å². The Labute approximate surface area is 227 Å². The van der Waals surface area contributed by atoms with E-state index in [1.165, 1.54) is 16.7 Å². The maximum Gasteiger partial charge on any atom is 0.306 e. The van der Waals surface area contributed by atoms with E-state index in [0.29, 0.717) is 25.1 Å². The number of hydrogen-bond donors (Lipinski definition) is 1. The Morgan fingerprint density at radius 2 is 1.63 bits per heavy atom. The normalized spacial score (nSPS) is 24.1. The van der Waals surface area contributed by atoms with Gasteiger partial charge in [-0.2, -0.15) is 11.8 Å². The second-order valence-corrected chi connectivity index (χ2v) is 11.6. The van der Waals surface area contributed by atoms with Gasteiger partial charge in [0, 0.05) is 30.4 Å². The third-order valence-electron chi connectivity index (χ3n) is 7.68. The second kappa shape index (κ2) is 13.2. The number of nitrogens with zero attached hydrogens (tertiary/aromatic N) is 1. The first-order valence-electron chi connectivity index (χ1n) is 13.4. The number of carbonyl (C=O) groups is 5. The molecule has 5 atom stereocenters. The Morgan fingerprint density at radius 1 is 0.947 bits per heavy atom. The van der Waals surface area contributed by atoms with Crippen LogP contribution in [0.15, 0.2) is 42.5 Å². The molecule has 1 aromatic carbocycles. The predicted molar refractivity (Wildman–Crippen MR) is 142 cm³/mol. The van der Waals surface area contributed by atoms with E-state index in [1.54, 1.807) is 0 Å². The average molecular weight is 542 g/mol. The fourth-order valence-electron chi connectivity index (χ4n) is 5.77. The number of ether oxygens (including phenoxy) is 1. The summed E-state index contributed by atoms with van der Waals surface area (Å²) in [6.45, 7) is 0.658. The van der Waals surface area contributed by atoms with Crippen molar-refractivity contribution in [3.63, 3.8) is 0 Å². The number of fused-ring (bicyclic) bond motifs is 5. The third-order valence-corrected chi connectivity index (χ3v) is 8.96. The number of unbranched alkanes of at least 4 members (excludes halogenated alkanes) is 2. The molecule has 0 aromatic heterocycles. The van der Waals surface area contributed by atoms with Crippen molar-refractivity contribution in [1.29, 1.82) is 0 Å². The van der Waals surface area contributed by atoms with Crippen LogP contribution in [0.25, 0.3) is 0 Å². The van der Waals surface area contributed by atoms with Gasteiger partial charge in [-0.3, -0.25) is 28.9 Å². The third kappa shape index (κ3) is 6.92. The van der Waals surface area contributed by atoms with Gasteiger partial charge in [0.05, 0.1) is 31.3 Å². The number of carboxylic acid groups (broad SMARTS) is 1. The molecule has 3 aliphatic rings. The van der Waals surface area contributed by atoms with Gasteiger partial charge in [-0.05, 0) is 43.1 Å². The summed E-state index contributed by atoms with van der Waals surface area (Å²) in [5.74, 6) is -0.881. The predicted octanol–water partition coefficient (Wildman–Crippen LogP) is 4.20. The van der Waals surface area contributed by atoms with Crippen LogP contribution in [0, 0.1) is 23.7 Å². The number of thioether (sulfide) groups is 1. The summed E-state index contributed by atoms with van der Waals surface area (Å²) in [6.07, 6.45) is 7.50. The van der Waals surface area contributed by atoms with E-state index >= 15 is 0 Å². The molecule has 1 unspecified atom stereocenters. The number of amides is 2. The van der Waals surface area contributed by atoms with Crippen LogP contribution in [0.5, 0.6) is 0 Å². The van der Waals surface area contributed by atoms with Crippen molar-refractivity contribution in [3.05, 3.63) is 48.0 Å². The molecule has 4 rings (SSSR count). The molecule has 8 nitrogen and oxygen atoms in total. The standard InChI is InChI=1S/C29H35NO7S/c31-22(18-23(38-16-13-24(32)33)19-7-3-1-4-8-19)11-12-25(34)37-15-6-2-5-14-30-28(35)26-20-9-10-21(17-20)27(26)29(30)36/h1,3-4,7-10,20-21,23,26-27H,2,5-6,11-18H2,(H,32,33)/t20-,21+,23?,26+,27-. The zero-order chi connectivity index (χ0) is 27.1. The second-order valence-electron chi connectivity index (χ2n) is 10.3. The Hall–Kier alpha value is -2.94. The van der Waals surface area contributed by atoms with Crippen molar-refractivity contribution in [2.45, 2.75) is 56.6 Å². The van der Waals surface area contributed by atoms with Crippen LogP contribution in [0.2, 0.25) is 0 Å². The molecule has 0 spiro atoms.